The molecule has 0 saturated carbocycles. The molecule has 2 aromatic carbocycles. The summed E-state index contributed by atoms with van der Waals surface area (Å²) < 4.78 is 5.30. The van der Waals surface area contributed by atoms with E-state index in [-0.39, 0.29) is 17.6 Å². The van der Waals surface area contributed by atoms with Crippen molar-refractivity contribution >= 4 is 11.6 Å². The Morgan fingerprint density at radius 2 is 1.96 bits per heavy atom. The Morgan fingerprint density at radius 1 is 1.24 bits per heavy atom. The van der Waals surface area contributed by atoms with E-state index in [0.717, 1.165) is 16.9 Å². The SMILES string of the molecule is COc1ccccc1CCC(=O)N(C)C(C)c1cccc([N+](=O)[O-])c1. The van der Waals surface area contributed by atoms with Gasteiger partial charge in [-0.2, -0.15) is 0 Å². The standard InChI is InChI=1S/C19H22N2O4/c1-14(16-8-6-9-17(13-16)21(23)24)20(2)19(22)12-11-15-7-4-5-10-18(15)25-3/h4-10,13-14H,11-12H2,1-3H3. The van der Waals surface area contributed by atoms with Crippen molar-refractivity contribution in [2.75, 3.05) is 14.2 Å². The van der Waals surface area contributed by atoms with Crippen LogP contribution in [0.3, 0.4) is 0 Å². The maximum absolute atomic E-state index is 12.5. The van der Waals surface area contributed by atoms with Crippen LogP contribution in [-0.4, -0.2) is 29.9 Å². The smallest absolute Gasteiger partial charge is 0.269 e. The number of nitrogens with zero attached hydrogens (tertiary/aromatic N) is 2. The van der Waals surface area contributed by atoms with Gasteiger partial charge in [0.15, 0.2) is 0 Å². The normalized spacial score (nSPS) is 11.6. The predicted molar refractivity (Wildman–Crippen MR) is 95.6 cm³/mol. The summed E-state index contributed by atoms with van der Waals surface area (Å²) in [6.07, 6.45) is 0.922. The number of benzene rings is 2. The zero-order valence-corrected chi connectivity index (χ0v) is 14.6. The first-order valence-corrected chi connectivity index (χ1v) is 8.06. The molecule has 132 valence electrons. The third kappa shape index (κ3) is 4.56. The van der Waals surface area contributed by atoms with E-state index >= 15 is 0 Å². The number of aryl methyl sites for hydroxylation is 1. The fourth-order valence-electron chi connectivity index (χ4n) is 2.67. The third-order valence-electron chi connectivity index (χ3n) is 4.34. The van der Waals surface area contributed by atoms with E-state index in [0.29, 0.717) is 12.8 Å². The van der Waals surface area contributed by atoms with Gasteiger partial charge >= 0.3 is 0 Å². The number of carbonyl (C=O) groups excluding carboxylic acids is 1. The molecule has 1 atom stereocenters. The first kappa shape index (κ1) is 18.4. The molecule has 0 aliphatic carbocycles. The number of amides is 1. The first-order chi connectivity index (χ1) is 11.9. The zero-order chi connectivity index (χ0) is 18.4. The van der Waals surface area contributed by atoms with Crippen LogP contribution < -0.4 is 4.74 Å². The van der Waals surface area contributed by atoms with Gasteiger partial charge in [0, 0.05) is 25.6 Å². The van der Waals surface area contributed by atoms with Gasteiger partial charge in [0.25, 0.3) is 5.69 Å². The van der Waals surface area contributed by atoms with E-state index in [9.17, 15) is 14.9 Å². The Morgan fingerprint density at radius 3 is 2.64 bits per heavy atom. The molecule has 0 bridgehead atoms. The number of rotatable bonds is 7. The average molecular weight is 342 g/mol. The molecule has 0 aliphatic rings. The molecule has 25 heavy (non-hydrogen) atoms. The number of methoxy groups -OCH3 is 1. The summed E-state index contributed by atoms with van der Waals surface area (Å²) in [5.41, 5.74) is 1.75. The first-order valence-electron chi connectivity index (χ1n) is 8.06. The summed E-state index contributed by atoms with van der Waals surface area (Å²) in [5.74, 6) is 0.745. The van der Waals surface area contributed by atoms with Crippen molar-refractivity contribution in [1.82, 2.24) is 4.90 Å². The molecule has 0 aromatic heterocycles. The van der Waals surface area contributed by atoms with Gasteiger partial charge in [0.05, 0.1) is 18.1 Å². The monoisotopic (exact) mass is 342 g/mol. The minimum absolute atomic E-state index is 0.0232. The fraction of sp³-hybridized carbons (Fsp3) is 0.316. The second kappa shape index (κ2) is 8.28. The lowest BCUT2D eigenvalue weighted by atomic mass is 10.0. The summed E-state index contributed by atoms with van der Waals surface area (Å²) in [4.78, 5) is 24.6. The van der Waals surface area contributed by atoms with Crippen molar-refractivity contribution in [3.63, 3.8) is 0 Å². The molecule has 6 nitrogen and oxygen atoms in total. The highest BCUT2D eigenvalue weighted by Crippen LogP contribution is 2.24. The van der Waals surface area contributed by atoms with Crippen LogP contribution >= 0.6 is 0 Å². The number of hydrogen-bond donors (Lipinski definition) is 0. The summed E-state index contributed by atoms with van der Waals surface area (Å²) in [6.45, 7) is 1.86. The van der Waals surface area contributed by atoms with Crippen LogP contribution in [0.4, 0.5) is 5.69 Å². The average Bonchev–Trinajstić information content (AvgIpc) is 2.65. The second-order valence-electron chi connectivity index (χ2n) is 5.84. The van der Waals surface area contributed by atoms with Gasteiger partial charge in [0.1, 0.15) is 5.75 Å². The molecule has 6 heteroatoms. The Bertz CT molecular complexity index is 761. The van der Waals surface area contributed by atoms with Crippen LogP contribution in [0, 0.1) is 10.1 Å². The number of para-hydroxylation sites is 1. The van der Waals surface area contributed by atoms with E-state index in [1.165, 1.54) is 12.1 Å². The maximum atomic E-state index is 12.5. The molecule has 1 unspecified atom stereocenters. The zero-order valence-electron chi connectivity index (χ0n) is 14.6. The van der Waals surface area contributed by atoms with Crippen molar-refractivity contribution in [3.8, 4) is 5.75 Å². The van der Waals surface area contributed by atoms with E-state index in [1.54, 1.807) is 31.2 Å². The summed E-state index contributed by atoms with van der Waals surface area (Å²) >= 11 is 0. The lowest BCUT2D eigenvalue weighted by Crippen LogP contribution is -2.29. The minimum atomic E-state index is -0.431. The van der Waals surface area contributed by atoms with Crippen molar-refractivity contribution in [2.24, 2.45) is 0 Å². The van der Waals surface area contributed by atoms with Gasteiger partial charge in [-0.1, -0.05) is 30.3 Å². The Kier molecular flexibility index (Phi) is 6.11. The molecule has 0 fully saturated rings. The molecule has 2 rings (SSSR count). The molecular formula is C19H22N2O4. The van der Waals surface area contributed by atoms with Gasteiger partial charge in [-0.15, -0.1) is 0 Å². The highest BCUT2D eigenvalue weighted by atomic mass is 16.6. The lowest BCUT2D eigenvalue weighted by Gasteiger charge is -2.25. The summed E-state index contributed by atoms with van der Waals surface area (Å²) in [6, 6.07) is 13.8. The van der Waals surface area contributed by atoms with Crippen molar-refractivity contribution < 1.29 is 14.5 Å². The molecule has 2 aromatic rings. The molecule has 0 N–H and O–H groups in total. The highest BCUT2D eigenvalue weighted by molar-refractivity contribution is 5.76. The number of non-ortho nitro benzene ring substituents is 1. The van der Waals surface area contributed by atoms with Crippen molar-refractivity contribution in [1.29, 1.82) is 0 Å². The van der Waals surface area contributed by atoms with E-state index < -0.39 is 4.92 Å². The van der Waals surface area contributed by atoms with E-state index in [1.807, 2.05) is 31.2 Å². The second-order valence-corrected chi connectivity index (χ2v) is 5.84. The Labute approximate surface area is 147 Å². The number of ether oxygens (including phenoxy) is 1. The third-order valence-corrected chi connectivity index (χ3v) is 4.34. The maximum Gasteiger partial charge on any atom is 0.269 e. The quantitative estimate of drug-likeness (QED) is 0.567. The minimum Gasteiger partial charge on any atom is -0.496 e. The molecule has 0 heterocycles. The van der Waals surface area contributed by atoms with E-state index in [4.69, 9.17) is 4.74 Å². The Balaban J connectivity index is 2.04. The predicted octanol–water partition coefficient (Wildman–Crippen LogP) is 3.76. The fourth-order valence-corrected chi connectivity index (χ4v) is 2.67. The van der Waals surface area contributed by atoms with Gasteiger partial charge in [-0.3, -0.25) is 14.9 Å². The molecule has 0 saturated heterocycles. The summed E-state index contributed by atoms with van der Waals surface area (Å²) in [7, 11) is 3.32. The van der Waals surface area contributed by atoms with Crippen LogP contribution in [0.5, 0.6) is 5.75 Å². The lowest BCUT2D eigenvalue weighted by molar-refractivity contribution is -0.384. The van der Waals surface area contributed by atoms with Crippen molar-refractivity contribution in [3.05, 3.63) is 69.8 Å². The van der Waals surface area contributed by atoms with Crippen LogP contribution in [-0.2, 0) is 11.2 Å². The topological polar surface area (TPSA) is 72.7 Å². The Hall–Kier alpha value is -2.89. The van der Waals surface area contributed by atoms with Crippen LogP contribution in [0.15, 0.2) is 48.5 Å². The highest BCUT2D eigenvalue weighted by Gasteiger charge is 2.19. The van der Waals surface area contributed by atoms with Crippen molar-refractivity contribution in [2.45, 2.75) is 25.8 Å². The van der Waals surface area contributed by atoms with Gasteiger partial charge in [-0.25, -0.2) is 0 Å². The molecule has 0 aliphatic heterocycles. The van der Waals surface area contributed by atoms with Crippen LogP contribution in [0.25, 0.3) is 0 Å². The molecular weight excluding hydrogens is 320 g/mol. The number of nitro benzene ring substituents is 1. The van der Waals surface area contributed by atoms with Gasteiger partial charge in [0.2, 0.25) is 5.91 Å². The molecule has 1 amide bonds. The number of hydrogen-bond acceptors (Lipinski definition) is 4. The van der Waals surface area contributed by atoms with Crippen LogP contribution in [0.2, 0.25) is 0 Å². The molecule has 0 radical (unpaired) electrons. The number of carbonyl (C=O) groups is 1. The van der Waals surface area contributed by atoms with Gasteiger partial charge < -0.3 is 9.64 Å². The largest absolute Gasteiger partial charge is 0.496 e. The molecule has 0 spiro atoms. The van der Waals surface area contributed by atoms with Crippen LogP contribution in [0.1, 0.15) is 30.5 Å². The number of nitro groups is 1. The van der Waals surface area contributed by atoms with E-state index in [2.05, 4.69) is 0 Å². The summed E-state index contributed by atoms with van der Waals surface area (Å²) in [5, 5.41) is 10.9. The van der Waals surface area contributed by atoms with Gasteiger partial charge in [-0.05, 0) is 30.5 Å².